The van der Waals surface area contributed by atoms with E-state index >= 15 is 0 Å². The Morgan fingerprint density at radius 3 is 2.73 bits per heavy atom. The molecule has 1 aliphatic rings. The number of morpholine rings is 1. The summed E-state index contributed by atoms with van der Waals surface area (Å²) in [7, 11) is 0. The van der Waals surface area contributed by atoms with Crippen LogP contribution in [0, 0.1) is 6.92 Å². The molecule has 3 aromatic rings. The Morgan fingerprint density at radius 1 is 1.20 bits per heavy atom. The van der Waals surface area contributed by atoms with Gasteiger partial charge in [0.2, 0.25) is 0 Å². The van der Waals surface area contributed by atoms with Crippen molar-refractivity contribution >= 4 is 17.5 Å². The smallest absolute Gasteiger partial charge is 0.335 e. The summed E-state index contributed by atoms with van der Waals surface area (Å²) >= 11 is 0. The lowest BCUT2D eigenvalue weighted by molar-refractivity contribution is 0.0397. The lowest BCUT2D eigenvalue weighted by Gasteiger charge is -2.35. The van der Waals surface area contributed by atoms with Crippen LogP contribution in [0.1, 0.15) is 27.6 Å². The monoisotopic (exact) mass is 406 g/mol. The van der Waals surface area contributed by atoms with Gasteiger partial charge < -0.3 is 25.6 Å². The quantitative estimate of drug-likeness (QED) is 0.604. The van der Waals surface area contributed by atoms with Crippen molar-refractivity contribution in [3.8, 4) is 17.0 Å². The highest BCUT2D eigenvalue weighted by Gasteiger charge is 2.25. The van der Waals surface area contributed by atoms with Crippen LogP contribution in [0.4, 0.5) is 11.5 Å². The summed E-state index contributed by atoms with van der Waals surface area (Å²) in [6.45, 7) is 3.41. The molecule has 1 atom stereocenters. The number of ether oxygens (including phenoxy) is 1. The minimum absolute atomic E-state index is 0.122. The number of aromatic hydroxyl groups is 1. The Bertz CT molecular complexity index is 1100. The number of aromatic nitrogens is 2. The molecule has 1 saturated heterocycles. The van der Waals surface area contributed by atoms with Crippen molar-refractivity contribution in [1.82, 2.24) is 10.2 Å². The van der Waals surface area contributed by atoms with Crippen LogP contribution in [-0.4, -0.2) is 46.1 Å². The van der Waals surface area contributed by atoms with Crippen molar-refractivity contribution in [1.29, 1.82) is 0 Å². The predicted molar refractivity (Wildman–Crippen MR) is 113 cm³/mol. The average Bonchev–Trinajstić information content (AvgIpc) is 2.74. The van der Waals surface area contributed by atoms with E-state index in [9.17, 15) is 15.0 Å². The van der Waals surface area contributed by atoms with Crippen LogP contribution in [0.25, 0.3) is 11.3 Å². The van der Waals surface area contributed by atoms with Crippen molar-refractivity contribution in [2.24, 2.45) is 0 Å². The van der Waals surface area contributed by atoms with Gasteiger partial charge in [-0.2, -0.15) is 0 Å². The second-order valence-electron chi connectivity index (χ2n) is 7.20. The van der Waals surface area contributed by atoms with Crippen LogP contribution >= 0.6 is 0 Å². The Labute approximate surface area is 173 Å². The number of hydrogen-bond donors (Lipinski definition) is 3. The molecule has 0 spiro atoms. The van der Waals surface area contributed by atoms with Crippen LogP contribution in [0.2, 0.25) is 0 Å². The number of phenols is 1. The molecule has 4 N–H and O–H groups in total. The van der Waals surface area contributed by atoms with E-state index < -0.39 is 5.97 Å². The van der Waals surface area contributed by atoms with E-state index in [1.807, 2.05) is 18.2 Å². The van der Waals surface area contributed by atoms with Crippen LogP contribution in [0.3, 0.4) is 0 Å². The number of para-hydroxylation sites is 1. The number of rotatable bonds is 4. The molecule has 1 aliphatic heterocycles. The molecule has 2 aromatic carbocycles. The number of anilines is 2. The van der Waals surface area contributed by atoms with Crippen molar-refractivity contribution in [3.63, 3.8) is 0 Å². The molecule has 1 fully saturated rings. The van der Waals surface area contributed by atoms with Crippen molar-refractivity contribution < 1.29 is 19.7 Å². The highest BCUT2D eigenvalue weighted by molar-refractivity contribution is 5.89. The van der Waals surface area contributed by atoms with Crippen LogP contribution < -0.4 is 10.6 Å². The summed E-state index contributed by atoms with van der Waals surface area (Å²) in [5.74, 6) is -0.527. The molecule has 0 bridgehead atoms. The lowest BCUT2D eigenvalue weighted by Crippen LogP contribution is -2.39. The number of carboxylic acid groups (broad SMARTS) is 1. The first-order valence-electron chi connectivity index (χ1n) is 9.56. The fourth-order valence-corrected chi connectivity index (χ4v) is 3.66. The number of nitrogen functional groups attached to an aromatic ring is 1. The maximum absolute atomic E-state index is 11.3. The molecule has 4 rings (SSSR count). The summed E-state index contributed by atoms with van der Waals surface area (Å²) in [6, 6.07) is 14.0. The third kappa shape index (κ3) is 3.77. The zero-order chi connectivity index (χ0) is 21.3. The van der Waals surface area contributed by atoms with Crippen LogP contribution in [0.5, 0.6) is 5.75 Å². The van der Waals surface area contributed by atoms with E-state index in [0.717, 1.165) is 11.3 Å². The standard InChI is InChI=1S/C22H22N4O4/c1-13-10-14(6-7-15(13)22(28)29)20-12-26(8-9-30-20)18-11-17(24-25-21(18)23)16-4-2-3-5-19(16)27/h2-7,10-11,20,27H,8-9,12H2,1H3,(H2,23,25)(H,28,29)/t20-/m0/s1. The van der Waals surface area contributed by atoms with Gasteiger partial charge in [0.25, 0.3) is 0 Å². The van der Waals surface area contributed by atoms with Gasteiger partial charge in [0.1, 0.15) is 11.9 Å². The maximum Gasteiger partial charge on any atom is 0.335 e. The number of nitrogens with two attached hydrogens (primary N) is 1. The summed E-state index contributed by atoms with van der Waals surface area (Å²) in [4.78, 5) is 13.3. The third-order valence-electron chi connectivity index (χ3n) is 5.24. The number of aromatic carboxylic acids is 1. The fourth-order valence-electron chi connectivity index (χ4n) is 3.66. The van der Waals surface area contributed by atoms with E-state index in [0.29, 0.717) is 42.3 Å². The largest absolute Gasteiger partial charge is 0.507 e. The Morgan fingerprint density at radius 2 is 2.00 bits per heavy atom. The number of phenolic OH excluding ortho intramolecular Hbond substituents is 1. The molecule has 8 heteroatoms. The second-order valence-corrected chi connectivity index (χ2v) is 7.20. The molecule has 30 heavy (non-hydrogen) atoms. The molecule has 0 unspecified atom stereocenters. The van der Waals surface area contributed by atoms with Gasteiger partial charge in [0, 0.05) is 18.7 Å². The first-order chi connectivity index (χ1) is 14.4. The fraction of sp³-hybridized carbons (Fsp3) is 0.227. The Balaban J connectivity index is 1.62. The Kier molecular flexibility index (Phi) is 5.24. The second kappa shape index (κ2) is 8.00. The normalized spacial score (nSPS) is 16.4. The van der Waals surface area contributed by atoms with Gasteiger partial charge in [-0.15, -0.1) is 10.2 Å². The number of benzene rings is 2. The molecular weight excluding hydrogens is 384 g/mol. The minimum atomic E-state index is -0.947. The summed E-state index contributed by atoms with van der Waals surface area (Å²) in [5.41, 5.74) is 9.81. The summed E-state index contributed by atoms with van der Waals surface area (Å²) in [5, 5.41) is 27.6. The van der Waals surface area contributed by atoms with Crippen molar-refractivity contribution in [2.75, 3.05) is 30.3 Å². The highest BCUT2D eigenvalue weighted by Crippen LogP contribution is 2.34. The van der Waals surface area contributed by atoms with E-state index in [4.69, 9.17) is 10.5 Å². The van der Waals surface area contributed by atoms with Gasteiger partial charge in [-0.05, 0) is 42.3 Å². The molecule has 0 amide bonds. The van der Waals surface area contributed by atoms with E-state index in [1.165, 1.54) is 0 Å². The molecule has 154 valence electrons. The van der Waals surface area contributed by atoms with Gasteiger partial charge in [-0.3, -0.25) is 0 Å². The molecule has 0 radical (unpaired) electrons. The zero-order valence-corrected chi connectivity index (χ0v) is 16.4. The number of carbonyl (C=O) groups is 1. The third-order valence-corrected chi connectivity index (χ3v) is 5.24. The average molecular weight is 406 g/mol. The molecule has 2 heterocycles. The van der Waals surface area contributed by atoms with E-state index in [1.54, 1.807) is 37.3 Å². The van der Waals surface area contributed by atoms with Gasteiger partial charge in [-0.25, -0.2) is 4.79 Å². The van der Waals surface area contributed by atoms with Crippen LogP contribution in [-0.2, 0) is 4.74 Å². The van der Waals surface area contributed by atoms with Gasteiger partial charge >= 0.3 is 5.97 Å². The number of carboxylic acids is 1. The first kappa shape index (κ1) is 19.7. The number of nitrogens with zero attached hydrogens (tertiary/aromatic N) is 3. The van der Waals surface area contributed by atoms with Crippen LogP contribution in [0.15, 0.2) is 48.5 Å². The van der Waals surface area contributed by atoms with Gasteiger partial charge in [0.05, 0.1) is 23.6 Å². The lowest BCUT2D eigenvalue weighted by atomic mass is 10.0. The van der Waals surface area contributed by atoms with Gasteiger partial charge in [0.15, 0.2) is 5.82 Å². The predicted octanol–water partition coefficient (Wildman–Crippen LogP) is 3.02. The first-order valence-corrected chi connectivity index (χ1v) is 9.56. The van der Waals surface area contributed by atoms with E-state index in [2.05, 4.69) is 15.1 Å². The topological polar surface area (TPSA) is 122 Å². The molecule has 0 saturated carbocycles. The maximum atomic E-state index is 11.3. The zero-order valence-electron chi connectivity index (χ0n) is 16.4. The minimum Gasteiger partial charge on any atom is -0.507 e. The van der Waals surface area contributed by atoms with Gasteiger partial charge in [-0.1, -0.05) is 24.3 Å². The van der Waals surface area contributed by atoms with E-state index in [-0.39, 0.29) is 17.4 Å². The molecule has 8 nitrogen and oxygen atoms in total. The number of hydrogen-bond acceptors (Lipinski definition) is 7. The summed E-state index contributed by atoms with van der Waals surface area (Å²) < 4.78 is 5.94. The SMILES string of the molecule is Cc1cc([C@@H]2CN(c3cc(-c4ccccc4O)nnc3N)CCO2)ccc1C(=O)O. The van der Waals surface area contributed by atoms with Crippen molar-refractivity contribution in [2.45, 2.75) is 13.0 Å². The summed E-state index contributed by atoms with van der Waals surface area (Å²) in [6.07, 6.45) is -0.235. The van der Waals surface area contributed by atoms with Crippen molar-refractivity contribution in [3.05, 3.63) is 65.2 Å². The Hall–Kier alpha value is -3.65. The number of aryl methyl sites for hydroxylation is 1. The highest BCUT2D eigenvalue weighted by atomic mass is 16.5. The molecular formula is C22H22N4O4. The molecule has 0 aliphatic carbocycles. The molecule has 1 aromatic heterocycles.